The molecule has 0 saturated carbocycles. The third kappa shape index (κ3) is 3.90. The molecule has 0 aliphatic carbocycles. The highest BCUT2D eigenvalue weighted by molar-refractivity contribution is 6.33. The Morgan fingerprint density at radius 1 is 1.50 bits per heavy atom. The van der Waals surface area contributed by atoms with E-state index in [2.05, 4.69) is 9.97 Å². The molecule has 1 aromatic heterocycles. The normalized spacial score (nSPS) is 16.4. The summed E-state index contributed by atoms with van der Waals surface area (Å²) in [4.78, 5) is 20.4. The van der Waals surface area contributed by atoms with E-state index >= 15 is 0 Å². The zero-order chi connectivity index (χ0) is 14.5. The van der Waals surface area contributed by atoms with Gasteiger partial charge in [0.05, 0.1) is 17.8 Å². The van der Waals surface area contributed by atoms with Crippen molar-refractivity contribution in [1.82, 2.24) is 9.97 Å². The van der Waals surface area contributed by atoms with Crippen molar-refractivity contribution in [2.45, 2.75) is 32.6 Å². The topological polar surface area (TPSA) is 61.3 Å². The van der Waals surface area contributed by atoms with Gasteiger partial charge < -0.3 is 9.47 Å². The van der Waals surface area contributed by atoms with E-state index < -0.39 is 5.97 Å². The largest absolute Gasteiger partial charge is 0.461 e. The minimum atomic E-state index is -0.481. The Hall–Kier alpha value is -1.20. The van der Waals surface area contributed by atoms with E-state index in [1.165, 1.54) is 6.20 Å². The van der Waals surface area contributed by atoms with E-state index in [-0.39, 0.29) is 16.6 Å². The molecule has 2 heterocycles. The standard InChI is InChI=1S/C14H19ClN2O3/c1-9(2)13-16-7-11(15)12(17-13)14(18)20-8-10-3-5-19-6-4-10/h7,9-10H,3-6,8H2,1-2H3. The summed E-state index contributed by atoms with van der Waals surface area (Å²) in [7, 11) is 0. The third-order valence-electron chi connectivity index (χ3n) is 3.26. The minimum Gasteiger partial charge on any atom is -0.461 e. The van der Waals surface area contributed by atoms with Crippen LogP contribution in [0.25, 0.3) is 0 Å². The van der Waals surface area contributed by atoms with Crippen LogP contribution in [-0.2, 0) is 9.47 Å². The van der Waals surface area contributed by atoms with Crippen LogP contribution in [0, 0.1) is 5.92 Å². The van der Waals surface area contributed by atoms with Gasteiger partial charge in [0, 0.05) is 19.1 Å². The second-order valence-electron chi connectivity index (χ2n) is 5.23. The maximum Gasteiger partial charge on any atom is 0.358 e. The number of carbonyl (C=O) groups excluding carboxylic acids is 1. The van der Waals surface area contributed by atoms with Crippen molar-refractivity contribution in [3.05, 3.63) is 22.7 Å². The summed E-state index contributed by atoms with van der Waals surface area (Å²) < 4.78 is 10.6. The first kappa shape index (κ1) is 15.2. The van der Waals surface area contributed by atoms with E-state index in [9.17, 15) is 4.79 Å². The van der Waals surface area contributed by atoms with Gasteiger partial charge in [0.2, 0.25) is 0 Å². The molecule has 20 heavy (non-hydrogen) atoms. The molecule has 0 unspecified atom stereocenters. The fraction of sp³-hybridized carbons (Fsp3) is 0.643. The molecule has 0 radical (unpaired) electrons. The molecule has 110 valence electrons. The Kier molecular flexibility index (Phi) is 5.31. The summed E-state index contributed by atoms with van der Waals surface area (Å²) in [5.41, 5.74) is 0.150. The Morgan fingerprint density at radius 2 is 2.20 bits per heavy atom. The van der Waals surface area contributed by atoms with E-state index in [1.807, 2.05) is 13.8 Å². The van der Waals surface area contributed by atoms with Crippen molar-refractivity contribution in [2.75, 3.05) is 19.8 Å². The molecule has 0 N–H and O–H groups in total. The predicted molar refractivity (Wildman–Crippen MR) is 75.0 cm³/mol. The average Bonchev–Trinajstić information content (AvgIpc) is 2.46. The summed E-state index contributed by atoms with van der Waals surface area (Å²) in [5.74, 6) is 0.602. The van der Waals surface area contributed by atoms with E-state index in [1.54, 1.807) is 0 Å². The second kappa shape index (κ2) is 6.99. The predicted octanol–water partition coefficient (Wildman–Crippen LogP) is 2.84. The number of rotatable bonds is 4. The molecular weight excluding hydrogens is 280 g/mol. The summed E-state index contributed by atoms with van der Waals surface area (Å²) >= 11 is 5.97. The van der Waals surface area contributed by atoms with Gasteiger partial charge in [-0.15, -0.1) is 0 Å². The lowest BCUT2D eigenvalue weighted by molar-refractivity contribution is 0.0181. The van der Waals surface area contributed by atoms with Gasteiger partial charge in [-0.25, -0.2) is 14.8 Å². The molecule has 1 aliphatic rings. The first-order chi connectivity index (χ1) is 9.58. The average molecular weight is 299 g/mol. The van der Waals surface area contributed by atoms with Crippen LogP contribution >= 0.6 is 11.6 Å². The van der Waals surface area contributed by atoms with Crippen LogP contribution < -0.4 is 0 Å². The highest BCUT2D eigenvalue weighted by Gasteiger charge is 2.20. The number of nitrogens with zero attached hydrogens (tertiary/aromatic N) is 2. The lowest BCUT2D eigenvalue weighted by Crippen LogP contribution is -2.22. The lowest BCUT2D eigenvalue weighted by Gasteiger charge is -2.21. The summed E-state index contributed by atoms with van der Waals surface area (Å²) in [6, 6.07) is 0. The molecule has 1 aliphatic heterocycles. The van der Waals surface area contributed by atoms with Gasteiger partial charge in [-0.1, -0.05) is 25.4 Å². The zero-order valence-electron chi connectivity index (χ0n) is 11.8. The lowest BCUT2D eigenvalue weighted by atomic mass is 10.0. The van der Waals surface area contributed by atoms with Crippen molar-refractivity contribution >= 4 is 17.6 Å². The smallest absolute Gasteiger partial charge is 0.358 e. The maximum absolute atomic E-state index is 12.1. The number of halogens is 1. The summed E-state index contributed by atoms with van der Waals surface area (Å²) in [5, 5.41) is 0.228. The molecule has 5 nitrogen and oxygen atoms in total. The Balaban J connectivity index is 1.99. The molecular formula is C14H19ClN2O3. The first-order valence-electron chi connectivity index (χ1n) is 6.85. The Morgan fingerprint density at radius 3 is 2.85 bits per heavy atom. The molecule has 1 saturated heterocycles. The van der Waals surface area contributed by atoms with Crippen LogP contribution in [0.4, 0.5) is 0 Å². The Bertz CT molecular complexity index is 473. The summed E-state index contributed by atoms with van der Waals surface area (Å²) in [6.45, 7) is 5.77. The molecule has 6 heteroatoms. The van der Waals surface area contributed by atoms with Crippen molar-refractivity contribution in [2.24, 2.45) is 5.92 Å². The maximum atomic E-state index is 12.1. The van der Waals surface area contributed by atoms with Crippen molar-refractivity contribution < 1.29 is 14.3 Å². The molecule has 0 spiro atoms. The fourth-order valence-corrected chi connectivity index (χ4v) is 2.15. The van der Waals surface area contributed by atoms with Crippen molar-refractivity contribution in [3.63, 3.8) is 0 Å². The number of carbonyl (C=O) groups is 1. The second-order valence-corrected chi connectivity index (χ2v) is 5.64. The van der Waals surface area contributed by atoms with Gasteiger partial charge in [-0.2, -0.15) is 0 Å². The van der Waals surface area contributed by atoms with E-state index in [0.717, 1.165) is 26.1 Å². The number of esters is 1. The molecule has 0 aromatic carbocycles. The third-order valence-corrected chi connectivity index (χ3v) is 3.54. The van der Waals surface area contributed by atoms with Gasteiger partial charge in [-0.3, -0.25) is 0 Å². The fourth-order valence-electron chi connectivity index (χ4n) is 1.98. The first-order valence-corrected chi connectivity index (χ1v) is 7.23. The quantitative estimate of drug-likeness (QED) is 0.800. The zero-order valence-corrected chi connectivity index (χ0v) is 12.5. The molecule has 1 aromatic rings. The molecule has 0 bridgehead atoms. The van der Waals surface area contributed by atoms with Gasteiger partial charge in [-0.05, 0) is 18.8 Å². The van der Waals surface area contributed by atoms with Gasteiger partial charge >= 0.3 is 5.97 Å². The SMILES string of the molecule is CC(C)c1ncc(Cl)c(C(=O)OCC2CCOCC2)n1. The minimum absolute atomic E-state index is 0.134. The van der Waals surface area contributed by atoms with Gasteiger partial charge in [0.25, 0.3) is 0 Å². The van der Waals surface area contributed by atoms with Crippen molar-refractivity contribution in [1.29, 1.82) is 0 Å². The molecule has 1 fully saturated rings. The highest BCUT2D eigenvalue weighted by atomic mass is 35.5. The monoisotopic (exact) mass is 298 g/mol. The number of hydrogen-bond acceptors (Lipinski definition) is 5. The van der Waals surface area contributed by atoms with Crippen LogP contribution in [0.2, 0.25) is 5.02 Å². The molecule has 0 amide bonds. The van der Waals surface area contributed by atoms with Gasteiger partial charge in [0.15, 0.2) is 5.69 Å². The van der Waals surface area contributed by atoms with E-state index in [4.69, 9.17) is 21.1 Å². The van der Waals surface area contributed by atoms with Crippen LogP contribution in [0.1, 0.15) is 48.9 Å². The van der Waals surface area contributed by atoms with Crippen LogP contribution in [-0.4, -0.2) is 35.8 Å². The van der Waals surface area contributed by atoms with Crippen molar-refractivity contribution in [3.8, 4) is 0 Å². The summed E-state index contributed by atoms with van der Waals surface area (Å²) in [6.07, 6.45) is 3.29. The van der Waals surface area contributed by atoms with Crippen LogP contribution in [0.3, 0.4) is 0 Å². The number of aromatic nitrogens is 2. The van der Waals surface area contributed by atoms with E-state index in [0.29, 0.717) is 18.3 Å². The number of ether oxygens (including phenoxy) is 2. The molecule has 0 atom stereocenters. The number of hydrogen-bond donors (Lipinski definition) is 0. The Labute approximate surface area is 123 Å². The molecule has 2 rings (SSSR count). The van der Waals surface area contributed by atoms with Crippen LogP contribution in [0.15, 0.2) is 6.20 Å². The highest BCUT2D eigenvalue weighted by Crippen LogP contribution is 2.19. The van der Waals surface area contributed by atoms with Crippen LogP contribution in [0.5, 0.6) is 0 Å². The van der Waals surface area contributed by atoms with Gasteiger partial charge in [0.1, 0.15) is 5.82 Å².